The van der Waals surface area contributed by atoms with Crippen molar-refractivity contribution in [1.82, 2.24) is 5.32 Å². The van der Waals surface area contributed by atoms with Crippen molar-refractivity contribution < 1.29 is 30.4 Å². The van der Waals surface area contributed by atoms with E-state index >= 15 is 0 Å². The zero-order valence-electron chi connectivity index (χ0n) is 14.4. The molecule has 0 spiro atoms. The number of hydrogen-bond acceptors (Lipinski definition) is 3. The highest BCUT2D eigenvalue weighted by molar-refractivity contribution is 7.95. The minimum absolute atomic E-state index is 0.0428. The van der Waals surface area contributed by atoms with Crippen molar-refractivity contribution >= 4 is 27.3 Å². The van der Waals surface area contributed by atoms with Crippen LogP contribution < -0.4 is 13.9 Å². The predicted molar refractivity (Wildman–Crippen MR) is 94.7 cm³/mol. The van der Waals surface area contributed by atoms with E-state index in [-0.39, 0.29) is 30.9 Å². The van der Waals surface area contributed by atoms with E-state index in [1.165, 1.54) is 12.1 Å². The van der Waals surface area contributed by atoms with Crippen LogP contribution in [-0.4, -0.2) is 34.2 Å². The SMILES string of the molecule is O=S1(=O)N(CCCNCC(F)(F)F)c2ccccc2N1c1ccc(F)c(F)c1. The fraction of sp³-hybridized carbons (Fsp3) is 0.294. The summed E-state index contributed by atoms with van der Waals surface area (Å²) in [6.45, 7) is -1.29. The lowest BCUT2D eigenvalue weighted by Gasteiger charge is -2.22. The van der Waals surface area contributed by atoms with Gasteiger partial charge in [0.15, 0.2) is 11.6 Å². The number of anilines is 3. The standard InChI is InChI=1S/C17H16F5N3O2S/c18-13-7-6-12(10-14(13)19)25-16-5-2-1-4-15(16)24(28(25,26)27)9-3-8-23-11-17(20,21)22/h1-2,4-7,10,23H,3,8-9,11H2. The van der Waals surface area contributed by atoms with Crippen molar-refractivity contribution in [2.45, 2.75) is 12.6 Å². The molecule has 1 N–H and O–H groups in total. The first-order valence-electron chi connectivity index (χ1n) is 8.26. The Hall–Kier alpha value is -2.40. The third-order valence-corrected chi connectivity index (χ3v) is 5.86. The molecule has 1 aliphatic rings. The van der Waals surface area contributed by atoms with Crippen LogP contribution in [0, 0.1) is 11.6 Å². The van der Waals surface area contributed by atoms with Gasteiger partial charge in [0.25, 0.3) is 0 Å². The molecule has 0 saturated carbocycles. The Labute approximate surface area is 158 Å². The van der Waals surface area contributed by atoms with Crippen molar-refractivity contribution in [1.29, 1.82) is 0 Å². The number of benzene rings is 2. The second kappa shape index (κ2) is 7.55. The number of rotatable bonds is 6. The van der Waals surface area contributed by atoms with E-state index in [1.54, 1.807) is 12.1 Å². The molecule has 0 radical (unpaired) electrons. The van der Waals surface area contributed by atoms with E-state index < -0.39 is 34.6 Å². The summed E-state index contributed by atoms with van der Waals surface area (Å²) >= 11 is 0. The number of halogens is 5. The molecule has 0 atom stereocenters. The summed E-state index contributed by atoms with van der Waals surface area (Å²) in [5.74, 6) is -2.30. The maximum absolute atomic E-state index is 13.6. The molecule has 5 nitrogen and oxygen atoms in total. The molecule has 3 rings (SSSR count). The first-order chi connectivity index (χ1) is 13.1. The van der Waals surface area contributed by atoms with Gasteiger partial charge >= 0.3 is 16.4 Å². The van der Waals surface area contributed by atoms with Gasteiger partial charge in [0.05, 0.1) is 23.6 Å². The number of hydrogen-bond donors (Lipinski definition) is 1. The number of fused-ring (bicyclic) bond motifs is 1. The molecule has 0 fully saturated rings. The fourth-order valence-electron chi connectivity index (χ4n) is 2.89. The third-order valence-electron chi connectivity index (χ3n) is 4.06. The van der Waals surface area contributed by atoms with Crippen molar-refractivity contribution in [3.63, 3.8) is 0 Å². The average Bonchev–Trinajstić information content (AvgIpc) is 2.83. The minimum Gasteiger partial charge on any atom is -0.309 e. The van der Waals surface area contributed by atoms with Crippen molar-refractivity contribution in [2.75, 3.05) is 28.2 Å². The Kier molecular flexibility index (Phi) is 5.48. The summed E-state index contributed by atoms with van der Waals surface area (Å²) in [5, 5.41) is 2.21. The molecule has 0 saturated heterocycles. The number of nitrogens with zero attached hydrogens (tertiary/aromatic N) is 2. The van der Waals surface area contributed by atoms with Crippen molar-refractivity contribution in [2.24, 2.45) is 0 Å². The summed E-state index contributed by atoms with van der Waals surface area (Å²) in [6, 6.07) is 8.99. The van der Waals surface area contributed by atoms with E-state index in [9.17, 15) is 30.4 Å². The predicted octanol–water partition coefficient (Wildman–Crippen LogP) is 3.71. The third kappa shape index (κ3) is 4.04. The minimum atomic E-state index is -4.35. The first-order valence-corrected chi connectivity index (χ1v) is 9.65. The number of alkyl halides is 3. The average molecular weight is 421 g/mol. The molecule has 0 aliphatic carbocycles. The molecule has 2 aromatic carbocycles. The number of nitrogens with one attached hydrogen (secondary N) is 1. The molecule has 152 valence electrons. The zero-order valence-corrected chi connectivity index (χ0v) is 15.2. The molecular weight excluding hydrogens is 405 g/mol. The maximum atomic E-state index is 13.6. The topological polar surface area (TPSA) is 52.7 Å². The van der Waals surface area contributed by atoms with Crippen molar-refractivity contribution in [3.8, 4) is 0 Å². The van der Waals surface area contributed by atoms with E-state index in [2.05, 4.69) is 5.32 Å². The molecule has 28 heavy (non-hydrogen) atoms. The van der Waals surface area contributed by atoms with E-state index in [0.717, 1.165) is 26.8 Å². The van der Waals surface area contributed by atoms with Crippen LogP contribution in [0.15, 0.2) is 42.5 Å². The van der Waals surface area contributed by atoms with Gasteiger partial charge in [-0.15, -0.1) is 0 Å². The van der Waals surface area contributed by atoms with Crippen LogP contribution in [0.4, 0.5) is 39.0 Å². The molecule has 0 amide bonds. The monoisotopic (exact) mass is 421 g/mol. The van der Waals surface area contributed by atoms with Crippen LogP contribution in [0.3, 0.4) is 0 Å². The highest BCUT2D eigenvalue weighted by Crippen LogP contribution is 2.45. The second-order valence-corrected chi connectivity index (χ2v) is 7.78. The van der Waals surface area contributed by atoms with Crippen LogP contribution in [0.5, 0.6) is 0 Å². The Morgan fingerprint density at radius 2 is 1.64 bits per heavy atom. The van der Waals surface area contributed by atoms with Crippen LogP contribution in [-0.2, 0) is 10.2 Å². The summed E-state index contributed by atoms with van der Waals surface area (Å²) in [6.07, 6.45) is -4.23. The smallest absolute Gasteiger partial charge is 0.309 e. The van der Waals surface area contributed by atoms with Crippen LogP contribution in [0.2, 0.25) is 0 Å². The highest BCUT2D eigenvalue weighted by Gasteiger charge is 2.41. The van der Waals surface area contributed by atoms with E-state index in [1.807, 2.05) is 0 Å². The van der Waals surface area contributed by atoms with Gasteiger partial charge in [0.1, 0.15) is 0 Å². The molecule has 0 bridgehead atoms. The Balaban J connectivity index is 1.84. The normalized spacial score (nSPS) is 15.8. The van der Waals surface area contributed by atoms with Gasteiger partial charge in [0.2, 0.25) is 0 Å². The van der Waals surface area contributed by atoms with Gasteiger partial charge in [-0.1, -0.05) is 12.1 Å². The van der Waals surface area contributed by atoms with Gasteiger partial charge in [-0.05, 0) is 37.2 Å². The number of para-hydroxylation sites is 2. The zero-order chi connectivity index (χ0) is 20.5. The highest BCUT2D eigenvalue weighted by atomic mass is 32.2. The van der Waals surface area contributed by atoms with Gasteiger partial charge in [-0.25, -0.2) is 13.1 Å². The molecule has 2 aromatic rings. The van der Waals surface area contributed by atoms with Gasteiger partial charge in [-0.2, -0.15) is 21.6 Å². The van der Waals surface area contributed by atoms with E-state index in [4.69, 9.17) is 0 Å². The van der Waals surface area contributed by atoms with E-state index in [0.29, 0.717) is 5.69 Å². The second-order valence-electron chi connectivity index (χ2n) is 6.08. The van der Waals surface area contributed by atoms with Crippen LogP contribution >= 0.6 is 0 Å². The molecule has 1 aliphatic heterocycles. The fourth-order valence-corrected chi connectivity index (χ4v) is 4.63. The quantitative estimate of drug-likeness (QED) is 0.572. The largest absolute Gasteiger partial charge is 0.401 e. The molecule has 0 unspecified atom stereocenters. The molecule has 1 heterocycles. The lowest BCUT2D eigenvalue weighted by atomic mass is 10.2. The molecular formula is C17H16F5N3O2S. The summed E-state index contributed by atoms with van der Waals surface area (Å²) in [7, 11) is -4.16. The van der Waals surface area contributed by atoms with Crippen LogP contribution in [0.25, 0.3) is 0 Å². The Morgan fingerprint density at radius 1 is 0.964 bits per heavy atom. The summed E-state index contributed by atoms with van der Waals surface area (Å²) < 4.78 is 91.3. The summed E-state index contributed by atoms with van der Waals surface area (Å²) in [5.41, 5.74) is 0.476. The van der Waals surface area contributed by atoms with Gasteiger partial charge in [0, 0.05) is 12.6 Å². The van der Waals surface area contributed by atoms with Gasteiger partial charge in [-0.3, -0.25) is 4.31 Å². The first kappa shape index (κ1) is 20.3. The molecule has 11 heteroatoms. The Morgan fingerprint density at radius 3 is 2.29 bits per heavy atom. The molecule has 0 aromatic heterocycles. The summed E-state index contributed by atoms with van der Waals surface area (Å²) in [4.78, 5) is 0. The van der Waals surface area contributed by atoms with Crippen LogP contribution in [0.1, 0.15) is 6.42 Å². The van der Waals surface area contributed by atoms with Gasteiger partial charge < -0.3 is 5.32 Å². The maximum Gasteiger partial charge on any atom is 0.401 e. The van der Waals surface area contributed by atoms with Crippen molar-refractivity contribution in [3.05, 3.63) is 54.1 Å². The lowest BCUT2D eigenvalue weighted by Crippen LogP contribution is -2.37. The Bertz CT molecular complexity index is 966. The lowest BCUT2D eigenvalue weighted by molar-refractivity contribution is -0.124.